The van der Waals surface area contributed by atoms with E-state index in [9.17, 15) is 15.0 Å². The number of fused-ring (bicyclic) bond motifs is 1. The Morgan fingerprint density at radius 3 is 3.00 bits per heavy atom. The fourth-order valence-corrected chi connectivity index (χ4v) is 2.49. The molecule has 2 aromatic rings. The van der Waals surface area contributed by atoms with Crippen LogP contribution in [0.5, 0.6) is 0 Å². The van der Waals surface area contributed by atoms with Gasteiger partial charge in [0.05, 0.1) is 5.39 Å². The van der Waals surface area contributed by atoms with Gasteiger partial charge >= 0.3 is 0 Å². The molecule has 9 heteroatoms. The Balaban J connectivity index is 2.21. The topological polar surface area (TPSA) is 126 Å². The molecule has 0 fully saturated rings. The molecule has 23 heavy (non-hydrogen) atoms. The predicted octanol–water partition coefficient (Wildman–Crippen LogP) is 0.327. The van der Waals surface area contributed by atoms with Crippen LogP contribution in [0.4, 0.5) is 10.3 Å². The molecule has 0 spiro atoms. The molecular weight excluding hydrogens is 307 g/mol. The minimum atomic E-state index is -2.72. The summed E-state index contributed by atoms with van der Waals surface area (Å²) in [5.74, 6) is 0.394. The molecule has 0 amide bonds. The van der Waals surface area contributed by atoms with Gasteiger partial charge in [0.15, 0.2) is 17.2 Å². The third kappa shape index (κ3) is 1.96. The molecule has 2 aromatic heterocycles. The molecule has 1 unspecified atom stereocenters. The van der Waals surface area contributed by atoms with E-state index < -0.39 is 29.3 Å². The number of halogens is 1. The Kier molecular flexibility index (Phi) is 3.09. The van der Waals surface area contributed by atoms with Crippen molar-refractivity contribution in [3.05, 3.63) is 34.1 Å². The maximum atomic E-state index is 15.1. The Bertz CT molecular complexity index is 923. The number of anilines is 1. The van der Waals surface area contributed by atoms with Gasteiger partial charge in [-0.15, -0.1) is 6.42 Å². The second-order valence-corrected chi connectivity index (χ2v) is 5.13. The molecule has 3 atom stereocenters. The first-order valence-electron chi connectivity index (χ1n) is 6.61. The molecule has 0 radical (unpaired) electrons. The fourth-order valence-electron chi connectivity index (χ4n) is 2.49. The van der Waals surface area contributed by atoms with Crippen molar-refractivity contribution in [2.24, 2.45) is 0 Å². The van der Waals surface area contributed by atoms with Gasteiger partial charge in [-0.1, -0.05) is 5.92 Å². The zero-order valence-electron chi connectivity index (χ0n) is 11.9. The lowest BCUT2D eigenvalue weighted by atomic mass is 10.0. The van der Waals surface area contributed by atoms with Gasteiger partial charge in [0, 0.05) is 6.20 Å². The molecular formula is C14H13FN4O4. The van der Waals surface area contributed by atoms with Crippen LogP contribution < -0.4 is 11.3 Å². The largest absolute Gasteiger partial charge is 0.505 e. The molecule has 5 N–H and O–H groups in total. The van der Waals surface area contributed by atoms with Crippen molar-refractivity contribution in [1.29, 1.82) is 0 Å². The molecule has 0 aromatic carbocycles. The van der Waals surface area contributed by atoms with Crippen molar-refractivity contribution in [2.75, 3.05) is 5.73 Å². The van der Waals surface area contributed by atoms with Crippen molar-refractivity contribution < 1.29 is 19.3 Å². The number of hydrogen-bond acceptors (Lipinski definition) is 6. The van der Waals surface area contributed by atoms with Crippen LogP contribution in [0.1, 0.15) is 13.2 Å². The van der Waals surface area contributed by atoms with Crippen LogP contribution in [0, 0.1) is 12.3 Å². The van der Waals surface area contributed by atoms with Crippen molar-refractivity contribution >= 4 is 17.0 Å². The summed E-state index contributed by atoms with van der Waals surface area (Å²) in [6.07, 6.45) is 3.74. The summed E-state index contributed by atoms with van der Waals surface area (Å²) in [5, 5.41) is 19.7. The van der Waals surface area contributed by atoms with Crippen molar-refractivity contribution in [2.45, 2.75) is 24.9 Å². The van der Waals surface area contributed by atoms with Crippen LogP contribution >= 0.6 is 0 Å². The first-order chi connectivity index (χ1) is 10.8. The number of terminal acetylenes is 1. The van der Waals surface area contributed by atoms with Gasteiger partial charge in [-0.2, -0.15) is 4.98 Å². The van der Waals surface area contributed by atoms with Crippen LogP contribution in [-0.4, -0.2) is 36.5 Å². The average Bonchev–Trinajstić information content (AvgIpc) is 3.00. The molecule has 120 valence electrons. The number of alkyl halides is 1. The van der Waals surface area contributed by atoms with Gasteiger partial charge in [0.1, 0.15) is 6.10 Å². The van der Waals surface area contributed by atoms with Crippen molar-refractivity contribution in [3.63, 3.8) is 0 Å². The highest BCUT2D eigenvalue weighted by molar-refractivity contribution is 5.76. The third-order valence-corrected chi connectivity index (χ3v) is 3.60. The van der Waals surface area contributed by atoms with E-state index in [-0.39, 0.29) is 22.7 Å². The average molecular weight is 320 g/mol. The molecule has 0 aliphatic carbocycles. The molecule has 8 nitrogen and oxygen atoms in total. The first kappa shape index (κ1) is 14.9. The second-order valence-electron chi connectivity index (χ2n) is 5.13. The highest BCUT2D eigenvalue weighted by Gasteiger charge is 2.54. The number of ether oxygens (including phenoxy) is 1. The molecule has 1 aliphatic rings. The highest BCUT2D eigenvalue weighted by atomic mass is 19.1. The Labute approximate surface area is 129 Å². The maximum Gasteiger partial charge on any atom is 0.285 e. The molecule has 3 heterocycles. The third-order valence-electron chi connectivity index (χ3n) is 3.60. The number of nitrogen functional groups attached to an aromatic ring is 1. The highest BCUT2D eigenvalue weighted by Crippen LogP contribution is 2.44. The summed E-state index contributed by atoms with van der Waals surface area (Å²) in [6, 6.07) is 1.39. The standard InChI is InChI=1S/C14H13FN4O4/c1-3-14(15)9(21)8(6(2)20)23-12(14)19-5-4-7-10(19)17-13(16)18-11(7)22/h1,4-6,12,20-21H,2H3,(H3,16,17,18,22)/t6-,12-,14?/m1/s1. The van der Waals surface area contributed by atoms with E-state index in [0.717, 1.165) is 4.57 Å². The summed E-state index contributed by atoms with van der Waals surface area (Å²) in [4.78, 5) is 18.1. The smallest absolute Gasteiger partial charge is 0.285 e. The Hall–Kier alpha value is -2.99. The summed E-state index contributed by atoms with van der Waals surface area (Å²) in [5.41, 5.74) is 2.30. The maximum absolute atomic E-state index is 15.1. The SMILES string of the molecule is C#CC1(F)C(O)=C([C@@H](C)O)O[C@H]1n1ccc2c(=O)[nH]c(N)nc21. The number of aromatic amines is 1. The van der Waals surface area contributed by atoms with E-state index in [1.165, 1.54) is 19.2 Å². The lowest BCUT2D eigenvalue weighted by Crippen LogP contribution is -2.32. The molecule has 0 bridgehead atoms. The molecule has 0 saturated heterocycles. The van der Waals surface area contributed by atoms with Gasteiger partial charge in [-0.3, -0.25) is 14.3 Å². The number of aliphatic hydroxyl groups excluding tert-OH is 2. The lowest BCUT2D eigenvalue weighted by molar-refractivity contribution is -0.0147. The first-order valence-corrected chi connectivity index (χ1v) is 6.61. The van der Waals surface area contributed by atoms with Gasteiger partial charge < -0.3 is 20.7 Å². The van der Waals surface area contributed by atoms with Crippen molar-refractivity contribution in [3.8, 4) is 12.3 Å². The summed E-state index contributed by atoms with van der Waals surface area (Å²) < 4.78 is 21.5. The number of rotatable bonds is 2. The van der Waals surface area contributed by atoms with E-state index in [1.54, 1.807) is 0 Å². The monoisotopic (exact) mass is 320 g/mol. The molecule has 1 aliphatic heterocycles. The number of hydrogen-bond donors (Lipinski definition) is 4. The van der Waals surface area contributed by atoms with E-state index in [2.05, 4.69) is 9.97 Å². The summed E-state index contributed by atoms with van der Waals surface area (Å²) in [7, 11) is 0. The minimum Gasteiger partial charge on any atom is -0.505 e. The van der Waals surface area contributed by atoms with E-state index in [0.29, 0.717) is 0 Å². The zero-order chi connectivity index (χ0) is 16.9. The second kappa shape index (κ2) is 4.76. The number of H-pyrrole nitrogens is 1. The van der Waals surface area contributed by atoms with Crippen molar-refractivity contribution in [1.82, 2.24) is 14.5 Å². The number of nitrogens with one attached hydrogen (secondary N) is 1. The van der Waals surface area contributed by atoms with Crippen LogP contribution in [0.3, 0.4) is 0 Å². The van der Waals surface area contributed by atoms with Gasteiger partial charge in [0.25, 0.3) is 11.2 Å². The number of aromatic nitrogens is 3. The van der Waals surface area contributed by atoms with Gasteiger partial charge in [-0.25, -0.2) is 4.39 Å². The summed E-state index contributed by atoms with van der Waals surface area (Å²) in [6.45, 7) is 1.29. The number of aliphatic hydroxyl groups is 2. The normalized spacial score (nSPS) is 25.4. The van der Waals surface area contributed by atoms with Crippen LogP contribution in [0.15, 0.2) is 28.6 Å². The minimum absolute atomic E-state index is 0.0353. The van der Waals surface area contributed by atoms with Crippen LogP contribution in [-0.2, 0) is 4.74 Å². The van der Waals surface area contributed by atoms with E-state index in [4.69, 9.17) is 16.9 Å². The summed E-state index contributed by atoms with van der Waals surface area (Å²) >= 11 is 0. The number of nitrogens with two attached hydrogens (primary N) is 1. The quantitative estimate of drug-likeness (QED) is 0.591. The lowest BCUT2D eigenvalue weighted by Gasteiger charge is -2.23. The molecule has 0 saturated carbocycles. The van der Waals surface area contributed by atoms with Gasteiger partial charge in [0.2, 0.25) is 12.2 Å². The number of nitrogens with zero attached hydrogens (tertiary/aromatic N) is 2. The Morgan fingerprint density at radius 1 is 1.70 bits per heavy atom. The van der Waals surface area contributed by atoms with Crippen LogP contribution in [0.2, 0.25) is 0 Å². The zero-order valence-corrected chi connectivity index (χ0v) is 11.9. The Morgan fingerprint density at radius 2 is 2.39 bits per heavy atom. The van der Waals surface area contributed by atoms with Gasteiger partial charge in [-0.05, 0) is 13.0 Å². The van der Waals surface area contributed by atoms with E-state index >= 15 is 4.39 Å². The van der Waals surface area contributed by atoms with Crippen LogP contribution in [0.25, 0.3) is 11.0 Å². The fraction of sp³-hybridized carbons (Fsp3) is 0.286. The predicted molar refractivity (Wildman–Crippen MR) is 78.9 cm³/mol. The van der Waals surface area contributed by atoms with E-state index in [1.807, 2.05) is 5.92 Å². The molecule has 3 rings (SSSR count).